The molecule has 0 unspecified atom stereocenters. The van der Waals surface area contributed by atoms with Gasteiger partial charge in [-0.3, -0.25) is 0 Å². The monoisotopic (exact) mass is 375 g/mol. The molecule has 29 heavy (non-hydrogen) atoms. The zero-order valence-corrected chi connectivity index (χ0v) is 16.2. The molecule has 4 aromatic carbocycles. The topological polar surface area (TPSA) is 25.0 Å². The molecule has 0 atom stereocenters. The van der Waals surface area contributed by atoms with Crippen LogP contribution in [-0.4, -0.2) is 12.1 Å². The van der Waals surface area contributed by atoms with Crippen molar-refractivity contribution in [3.8, 4) is 39.3 Å². The number of aromatic amines is 1. The van der Waals surface area contributed by atoms with E-state index < -0.39 is 0 Å². The first kappa shape index (κ1) is 17.3. The summed E-state index contributed by atoms with van der Waals surface area (Å²) in [6.07, 6.45) is 0. The van der Waals surface area contributed by atoms with Crippen molar-refractivity contribution in [3.05, 3.63) is 103 Å². The molecule has 5 rings (SSSR count). The smallest absolute Gasteiger partial charge is 0.118 e. The second-order valence-electron chi connectivity index (χ2n) is 7.06. The van der Waals surface area contributed by atoms with Crippen LogP contribution in [0.1, 0.15) is 0 Å². The van der Waals surface area contributed by atoms with Crippen molar-refractivity contribution in [2.45, 2.75) is 0 Å². The van der Waals surface area contributed by atoms with Crippen LogP contribution < -0.4 is 4.74 Å². The van der Waals surface area contributed by atoms with E-state index in [0.29, 0.717) is 0 Å². The lowest BCUT2D eigenvalue weighted by Crippen LogP contribution is -1.88. The third-order valence-electron chi connectivity index (χ3n) is 5.37. The van der Waals surface area contributed by atoms with Crippen LogP contribution in [0.15, 0.2) is 103 Å². The predicted molar refractivity (Wildman–Crippen MR) is 121 cm³/mol. The van der Waals surface area contributed by atoms with E-state index in [-0.39, 0.29) is 0 Å². The quantitative estimate of drug-likeness (QED) is 0.354. The van der Waals surface area contributed by atoms with Crippen LogP contribution in [-0.2, 0) is 0 Å². The van der Waals surface area contributed by atoms with Gasteiger partial charge in [0.2, 0.25) is 0 Å². The minimum Gasteiger partial charge on any atom is -0.497 e. The standard InChI is InChI=1S/C27H21NO/c1-29-21-17-15-19(16-18-21)22-11-5-6-12-23(22)26-24-13-7-8-14-25(24)28-27(26)20-9-3-2-4-10-20/h2-18,28H,1H3. The number of methoxy groups -OCH3 is 1. The van der Waals surface area contributed by atoms with Crippen molar-refractivity contribution in [1.82, 2.24) is 4.98 Å². The summed E-state index contributed by atoms with van der Waals surface area (Å²) in [5, 5.41) is 1.23. The van der Waals surface area contributed by atoms with E-state index in [0.717, 1.165) is 17.0 Å². The lowest BCUT2D eigenvalue weighted by Gasteiger charge is -2.12. The number of H-pyrrole nitrogens is 1. The van der Waals surface area contributed by atoms with Gasteiger partial charge in [-0.25, -0.2) is 0 Å². The van der Waals surface area contributed by atoms with Crippen molar-refractivity contribution in [2.24, 2.45) is 0 Å². The lowest BCUT2D eigenvalue weighted by molar-refractivity contribution is 0.415. The molecular formula is C27H21NO. The summed E-state index contributed by atoms with van der Waals surface area (Å²) in [7, 11) is 1.70. The molecule has 1 aromatic heterocycles. The molecule has 0 aliphatic carbocycles. The Balaban J connectivity index is 1.79. The Labute approximate surface area is 170 Å². The SMILES string of the molecule is COc1ccc(-c2ccccc2-c2c(-c3ccccc3)[nH]c3ccccc23)cc1. The highest BCUT2D eigenvalue weighted by Gasteiger charge is 2.17. The summed E-state index contributed by atoms with van der Waals surface area (Å²) in [5.41, 5.74) is 8.30. The fourth-order valence-corrected chi connectivity index (χ4v) is 3.97. The summed E-state index contributed by atoms with van der Waals surface area (Å²) >= 11 is 0. The molecule has 0 fully saturated rings. The van der Waals surface area contributed by atoms with Gasteiger partial charge in [-0.2, -0.15) is 0 Å². The predicted octanol–water partition coefficient (Wildman–Crippen LogP) is 7.18. The van der Waals surface area contributed by atoms with Gasteiger partial charge in [-0.15, -0.1) is 0 Å². The van der Waals surface area contributed by atoms with E-state index in [1.165, 1.54) is 33.2 Å². The molecule has 140 valence electrons. The number of aromatic nitrogens is 1. The average Bonchev–Trinajstić information content (AvgIpc) is 3.19. The van der Waals surface area contributed by atoms with E-state index in [1.54, 1.807) is 7.11 Å². The van der Waals surface area contributed by atoms with Gasteiger partial charge in [0.15, 0.2) is 0 Å². The highest BCUT2D eigenvalue weighted by molar-refractivity contribution is 6.06. The van der Waals surface area contributed by atoms with Crippen molar-refractivity contribution < 1.29 is 4.74 Å². The van der Waals surface area contributed by atoms with Gasteiger partial charge >= 0.3 is 0 Å². The first-order valence-corrected chi connectivity index (χ1v) is 9.75. The molecule has 0 bridgehead atoms. The molecule has 0 amide bonds. The zero-order valence-electron chi connectivity index (χ0n) is 16.2. The highest BCUT2D eigenvalue weighted by atomic mass is 16.5. The van der Waals surface area contributed by atoms with Crippen molar-refractivity contribution >= 4 is 10.9 Å². The second kappa shape index (κ2) is 7.33. The van der Waals surface area contributed by atoms with Crippen molar-refractivity contribution in [2.75, 3.05) is 7.11 Å². The van der Waals surface area contributed by atoms with Crippen molar-refractivity contribution in [1.29, 1.82) is 0 Å². The van der Waals surface area contributed by atoms with E-state index in [2.05, 4.69) is 96.0 Å². The minimum atomic E-state index is 0.864. The maximum Gasteiger partial charge on any atom is 0.118 e. The number of hydrogen-bond donors (Lipinski definition) is 1. The summed E-state index contributed by atoms with van der Waals surface area (Å²) in [5.74, 6) is 0.864. The highest BCUT2D eigenvalue weighted by Crippen LogP contribution is 2.42. The molecular weight excluding hydrogens is 354 g/mol. The Hall–Kier alpha value is -3.78. The largest absolute Gasteiger partial charge is 0.497 e. The molecule has 0 saturated carbocycles. The fourth-order valence-electron chi connectivity index (χ4n) is 3.97. The summed E-state index contributed by atoms with van der Waals surface area (Å²) in [6, 6.07) is 35.9. The third kappa shape index (κ3) is 3.09. The van der Waals surface area contributed by atoms with Crippen LogP contribution >= 0.6 is 0 Å². The van der Waals surface area contributed by atoms with Gasteiger partial charge in [0.1, 0.15) is 5.75 Å². The van der Waals surface area contributed by atoms with E-state index in [9.17, 15) is 0 Å². The second-order valence-corrected chi connectivity index (χ2v) is 7.06. The fraction of sp³-hybridized carbons (Fsp3) is 0.0370. The molecule has 1 N–H and O–H groups in total. The number of hydrogen-bond acceptors (Lipinski definition) is 1. The lowest BCUT2D eigenvalue weighted by atomic mass is 9.91. The normalized spacial score (nSPS) is 10.9. The summed E-state index contributed by atoms with van der Waals surface area (Å²) < 4.78 is 5.34. The number of nitrogens with one attached hydrogen (secondary N) is 1. The van der Waals surface area contributed by atoms with E-state index >= 15 is 0 Å². The Morgan fingerprint density at radius 3 is 2.00 bits per heavy atom. The van der Waals surface area contributed by atoms with Gasteiger partial charge < -0.3 is 9.72 Å². The Morgan fingerprint density at radius 1 is 0.586 bits per heavy atom. The summed E-state index contributed by atoms with van der Waals surface area (Å²) in [6.45, 7) is 0. The Morgan fingerprint density at radius 2 is 1.24 bits per heavy atom. The van der Waals surface area contributed by atoms with Gasteiger partial charge in [0, 0.05) is 16.5 Å². The number of rotatable bonds is 4. The number of benzene rings is 4. The molecule has 2 nitrogen and oxygen atoms in total. The van der Waals surface area contributed by atoms with Gasteiger partial charge in [-0.05, 0) is 40.5 Å². The zero-order chi connectivity index (χ0) is 19.6. The number of para-hydroxylation sites is 1. The molecule has 0 spiro atoms. The molecule has 5 aromatic rings. The van der Waals surface area contributed by atoms with Crippen molar-refractivity contribution in [3.63, 3.8) is 0 Å². The molecule has 0 aliphatic heterocycles. The van der Waals surface area contributed by atoms with Crippen LogP contribution in [0.4, 0.5) is 0 Å². The molecule has 0 aliphatic rings. The molecule has 0 radical (unpaired) electrons. The first-order valence-electron chi connectivity index (χ1n) is 9.75. The van der Waals surface area contributed by atoms with Crippen LogP contribution in [0.25, 0.3) is 44.4 Å². The van der Waals surface area contributed by atoms with Gasteiger partial charge in [0.05, 0.1) is 12.8 Å². The first-order chi connectivity index (χ1) is 14.3. The van der Waals surface area contributed by atoms with Gasteiger partial charge in [-0.1, -0.05) is 84.9 Å². The Bertz CT molecular complexity index is 1270. The van der Waals surface area contributed by atoms with Gasteiger partial charge in [0.25, 0.3) is 0 Å². The molecule has 1 heterocycles. The number of fused-ring (bicyclic) bond motifs is 1. The van der Waals surface area contributed by atoms with Crippen LogP contribution in [0.5, 0.6) is 5.75 Å². The average molecular weight is 375 g/mol. The maximum absolute atomic E-state index is 5.34. The number of ether oxygens (including phenoxy) is 1. The minimum absolute atomic E-state index is 0.864. The molecule has 2 heteroatoms. The van der Waals surface area contributed by atoms with E-state index in [4.69, 9.17) is 4.74 Å². The Kier molecular flexibility index (Phi) is 4.38. The van der Waals surface area contributed by atoms with Crippen LogP contribution in [0, 0.1) is 0 Å². The summed E-state index contributed by atoms with van der Waals surface area (Å²) in [4.78, 5) is 3.66. The van der Waals surface area contributed by atoms with Crippen LogP contribution in [0.2, 0.25) is 0 Å². The molecule has 0 saturated heterocycles. The van der Waals surface area contributed by atoms with Crippen LogP contribution in [0.3, 0.4) is 0 Å². The third-order valence-corrected chi connectivity index (χ3v) is 5.37. The van der Waals surface area contributed by atoms with E-state index in [1.807, 2.05) is 12.1 Å². The maximum atomic E-state index is 5.34.